The van der Waals surface area contributed by atoms with Crippen LogP contribution in [0.25, 0.3) is 10.6 Å². The zero-order valence-corrected chi connectivity index (χ0v) is 10.3. The zero-order valence-electron chi connectivity index (χ0n) is 9.45. The highest BCUT2D eigenvalue weighted by Crippen LogP contribution is 2.32. The molecule has 7 heteroatoms. The normalized spacial score (nSPS) is 11.8. The van der Waals surface area contributed by atoms with Crippen molar-refractivity contribution in [1.29, 1.82) is 0 Å². The molecule has 1 heterocycles. The predicted molar refractivity (Wildman–Crippen MR) is 66.7 cm³/mol. The second kappa shape index (κ2) is 4.74. The number of benzene rings is 1. The van der Waals surface area contributed by atoms with Gasteiger partial charge in [-0.25, -0.2) is 4.98 Å². The third-order valence-corrected chi connectivity index (χ3v) is 3.54. The number of hydrogen-bond acceptors (Lipinski definition) is 3. The lowest BCUT2D eigenvalue weighted by Crippen LogP contribution is -2.04. The van der Waals surface area contributed by atoms with Gasteiger partial charge < -0.3 is 5.11 Å². The number of alkyl halides is 3. The fourth-order valence-electron chi connectivity index (χ4n) is 1.53. The highest BCUT2D eigenvalue weighted by Gasteiger charge is 2.30. The van der Waals surface area contributed by atoms with Gasteiger partial charge in [0.1, 0.15) is 5.01 Å². The molecule has 2 rings (SSSR count). The maximum Gasteiger partial charge on any atom is 0.416 e. The van der Waals surface area contributed by atoms with E-state index in [1.165, 1.54) is 17.4 Å². The molecule has 18 heavy (non-hydrogen) atoms. The quantitative estimate of drug-likeness (QED) is 0.841. The van der Waals surface area contributed by atoms with E-state index in [1.807, 2.05) is 0 Å². The average molecular weight is 271 g/mol. The van der Waals surface area contributed by atoms with Crippen molar-refractivity contribution in [2.45, 2.75) is 12.8 Å². The maximum atomic E-state index is 12.6. The molecule has 0 aliphatic carbocycles. The maximum absolute atomic E-state index is 12.6. The summed E-state index contributed by atoms with van der Waals surface area (Å²) >= 11 is 1.27. The number of aromatic nitrogens is 1. The van der Waals surface area contributed by atoms with Gasteiger partial charge >= 0.3 is 6.18 Å². The van der Waals surface area contributed by atoms with Gasteiger partial charge in [0.15, 0.2) is 7.85 Å². The van der Waals surface area contributed by atoms with Crippen LogP contribution in [0.3, 0.4) is 0 Å². The van der Waals surface area contributed by atoms with Crippen LogP contribution in [-0.4, -0.2) is 17.9 Å². The molecule has 0 saturated carbocycles. The van der Waals surface area contributed by atoms with Crippen molar-refractivity contribution in [2.75, 3.05) is 0 Å². The molecule has 0 saturated heterocycles. The van der Waals surface area contributed by atoms with Gasteiger partial charge in [0.2, 0.25) is 0 Å². The smallest absolute Gasteiger partial charge is 0.390 e. The summed E-state index contributed by atoms with van der Waals surface area (Å²) in [5, 5.41) is 9.52. The van der Waals surface area contributed by atoms with E-state index in [1.54, 1.807) is 13.9 Å². The van der Waals surface area contributed by atoms with Crippen LogP contribution in [0, 0.1) is 0 Å². The minimum atomic E-state index is -4.36. The Morgan fingerprint density at radius 2 is 2.06 bits per heavy atom. The van der Waals surface area contributed by atoms with Crippen molar-refractivity contribution in [3.8, 4) is 10.6 Å². The summed E-state index contributed by atoms with van der Waals surface area (Å²) in [7, 11) is 1.78. The lowest BCUT2D eigenvalue weighted by atomic mass is 10.1. The number of nitrogens with zero attached hydrogens (tertiary/aromatic N) is 1. The van der Waals surface area contributed by atoms with Crippen LogP contribution in [0.15, 0.2) is 24.3 Å². The summed E-state index contributed by atoms with van der Waals surface area (Å²) in [6.45, 7) is -0.207. The van der Waals surface area contributed by atoms with Crippen LogP contribution >= 0.6 is 11.3 Å². The molecule has 0 spiro atoms. The SMILES string of the molecule is Bc1sc(-c2cccc(C(F)(F)F)c2)nc1CO. The zero-order chi connectivity index (χ0) is 13.3. The number of hydrogen-bond donors (Lipinski definition) is 1. The second-order valence-electron chi connectivity index (χ2n) is 3.76. The van der Waals surface area contributed by atoms with Crippen molar-refractivity contribution in [2.24, 2.45) is 0 Å². The molecular formula is C11H9BF3NOS. The standard InChI is InChI=1S/C11H9BF3NOS/c12-9-8(5-17)16-10(18-9)6-2-1-3-7(4-6)11(13,14)15/h1-4,17H,5,12H2. The third kappa shape index (κ3) is 2.57. The first kappa shape index (κ1) is 13.1. The molecule has 94 valence electrons. The van der Waals surface area contributed by atoms with Gasteiger partial charge in [-0.15, -0.1) is 11.3 Å². The Bertz CT molecular complexity index is 568. The fourth-order valence-corrected chi connectivity index (χ4v) is 2.45. The largest absolute Gasteiger partial charge is 0.416 e. The van der Waals surface area contributed by atoms with Crippen LogP contribution in [0.5, 0.6) is 0 Å². The number of aliphatic hydroxyl groups is 1. The van der Waals surface area contributed by atoms with Crippen LogP contribution in [0.2, 0.25) is 0 Å². The van der Waals surface area contributed by atoms with E-state index in [4.69, 9.17) is 5.11 Å². The Labute approximate surface area is 107 Å². The molecule has 0 aliphatic rings. The van der Waals surface area contributed by atoms with Crippen LogP contribution < -0.4 is 4.78 Å². The highest BCUT2D eigenvalue weighted by atomic mass is 32.1. The number of halogens is 3. The first-order valence-electron chi connectivity index (χ1n) is 5.16. The summed E-state index contributed by atoms with van der Waals surface area (Å²) < 4.78 is 38.5. The van der Waals surface area contributed by atoms with Crippen LogP contribution in [0.4, 0.5) is 13.2 Å². The lowest BCUT2D eigenvalue weighted by Gasteiger charge is -2.07. The van der Waals surface area contributed by atoms with E-state index in [9.17, 15) is 13.2 Å². The molecule has 1 aromatic carbocycles. The van der Waals surface area contributed by atoms with Gasteiger partial charge in [-0.05, 0) is 16.9 Å². The minimum Gasteiger partial charge on any atom is -0.390 e. The Kier molecular flexibility index (Phi) is 3.45. The number of rotatable bonds is 2. The van der Waals surface area contributed by atoms with Crippen molar-refractivity contribution < 1.29 is 18.3 Å². The summed E-state index contributed by atoms with van der Waals surface area (Å²) in [6, 6.07) is 5.03. The summed E-state index contributed by atoms with van der Waals surface area (Å²) in [6.07, 6.45) is -4.36. The van der Waals surface area contributed by atoms with E-state index in [2.05, 4.69) is 4.98 Å². The van der Waals surface area contributed by atoms with Gasteiger partial charge in [-0.3, -0.25) is 0 Å². The molecule has 2 nitrogen and oxygen atoms in total. The van der Waals surface area contributed by atoms with Crippen molar-refractivity contribution in [3.05, 3.63) is 35.5 Å². The van der Waals surface area contributed by atoms with Crippen LogP contribution in [0.1, 0.15) is 11.3 Å². The third-order valence-electron chi connectivity index (χ3n) is 2.48. The number of thiazole rings is 1. The Balaban J connectivity index is 2.44. The highest BCUT2D eigenvalue weighted by molar-refractivity contribution is 7.22. The van der Waals surface area contributed by atoms with Crippen molar-refractivity contribution in [3.63, 3.8) is 0 Å². The lowest BCUT2D eigenvalue weighted by molar-refractivity contribution is -0.137. The summed E-state index contributed by atoms with van der Waals surface area (Å²) in [5.74, 6) is 0. The van der Waals surface area contributed by atoms with E-state index >= 15 is 0 Å². The first-order chi connectivity index (χ1) is 8.41. The van der Waals surface area contributed by atoms with Crippen LogP contribution in [-0.2, 0) is 12.8 Å². The molecule has 0 aliphatic heterocycles. The van der Waals surface area contributed by atoms with Gasteiger partial charge in [0.25, 0.3) is 0 Å². The molecule has 1 aromatic heterocycles. The summed E-state index contributed by atoms with van der Waals surface area (Å²) in [4.78, 5) is 4.12. The molecular weight excluding hydrogens is 262 g/mol. The topological polar surface area (TPSA) is 33.1 Å². The van der Waals surface area contributed by atoms with Gasteiger partial charge in [-0.2, -0.15) is 13.2 Å². The van der Waals surface area contributed by atoms with E-state index in [0.29, 0.717) is 16.3 Å². The molecule has 0 bridgehead atoms. The monoisotopic (exact) mass is 271 g/mol. The minimum absolute atomic E-state index is 0.207. The van der Waals surface area contributed by atoms with E-state index in [-0.39, 0.29) is 6.61 Å². The molecule has 2 aromatic rings. The van der Waals surface area contributed by atoms with Gasteiger partial charge in [-0.1, -0.05) is 12.1 Å². The van der Waals surface area contributed by atoms with E-state index in [0.717, 1.165) is 16.9 Å². The first-order valence-corrected chi connectivity index (χ1v) is 5.98. The molecule has 0 unspecified atom stereocenters. The number of aliphatic hydroxyl groups excluding tert-OH is 1. The van der Waals surface area contributed by atoms with E-state index < -0.39 is 11.7 Å². The summed E-state index contributed by atoms with van der Waals surface area (Å²) in [5.41, 5.74) is 0.225. The molecule has 1 N–H and O–H groups in total. The van der Waals surface area contributed by atoms with Crippen molar-refractivity contribution >= 4 is 24.0 Å². The Morgan fingerprint density at radius 1 is 1.33 bits per heavy atom. The molecule has 0 radical (unpaired) electrons. The van der Waals surface area contributed by atoms with Gasteiger partial charge in [0, 0.05) is 5.56 Å². The average Bonchev–Trinajstić information content (AvgIpc) is 2.70. The van der Waals surface area contributed by atoms with Crippen molar-refractivity contribution in [1.82, 2.24) is 4.98 Å². The Morgan fingerprint density at radius 3 is 2.61 bits per heavy atom. The second-order valence-corrected chi connectivity index (χ2v) is 4.96. The molecule has 0 fully saturated rings. The predicted octanol–water partition coefficient (Wildman–Crippen LogP) is 1.58. The Hall–Kier alpha value is -1.34. The van der Waals surface area contributed by atoms with Gasteiger partial charge in [0.05, 0.1) is 17.9 Å². The molecule has 0 amide bonds. The fraction of sp³-hybridized carbons (Fsp3) is 0.182. The molecule has 0 atom stereocenters.